The van der Waals surface area contributed by atoms with Crippen LogP contribution in [-0.2, 0) is 4.79 Å². The van der Waals surface area contributed by atoms with E-state index in [9.17, 15) is 4.79 Å². The molecule has 4 N–H and O–H groups in total. The van der Waals surface area contributed by atoms with Crippen molar-refractivity contribution in [3.8, 4) is 11.1 Å². The maximum atomic E-state index is 12.3. The molecule has 2 aliphatic rings. The first-order chi connectivity index (χ1) is 14.1. The number of anilines is 1. The summed E-state index contributed by atoms with van der Waals surface area (Å²) in [5.41, 5.74) is 9.85. The molecule has 0 aliphatic carbocycles. The summed E-state index contributed by atoms with van der Waals surface area (Å²) in [7, 11) is 0. The molecule has 1 aromatic carbocycles. The molecule has 0 atom stereocenters. The van der Waals surface area contributed by atoms with E-state index in [1.54, 1.807) is 6.20 Å². The number of nitrogens with one attached hydrogen (secondary N) is 2. The van der Waals surface area contributed by atoms with Crippen LogP contribution in [0.5, 0.6) is 0 Å². The molecule has 0 bridgehead atoms. The van der Waals surface area contributed by atoms with Crippen LogP contribution in [0.2, 0.25) is 5.02 Å². The van der Waals surface area contributed by atoms with E-state index in [0.29, 0.717) is 10.6 Å². The number of hydrogen-bond acceptors (Lipinski definition) is 5. The van der Waals surface area contributed by atoms with Crippen molar-refractivity contribution in [2.45, 2.75) is 19.3 Å². The Morgan fingerprint density at radius 3 is 2.52 bits per heavy atom. The highest BCUT2D eigenvalue weighted by molar-refractivity contribution is 6.33. The maximum absolute atomic E-state index is 12.3. The molecule has 2 fully saturated rings. The van der Waals surface area contributed by atoms with E-state index in [4.69, 9.17) is 22.7 Å². The number of piperidine rings is 1. The van der Waals surface area contributed by atoms with Gasteiger partial charge in [-0.1, -0.05) is 35.9 Å². The SMILES string of the molecule is N=CC(=CN)c1ccc(-c2cncc(Cl)c2N2CCC3(CCNC3=O)CC2)cc1. The number of carbonyl (C=O) groups is 1. The molecule has 4 rings (SSSR count). The number of hydrogen-bond donors (Lipinski definition) is 3. The van der Waals surface area contributed by atoms with Crippen molar-refractivity contribution in [2.24, 2.45) is 11.1 Å². The lowest BCUT2D eigenvalue weighted by atomic mass is 9.77. The topological polar surface area (TPSA) is 95.1 Å². The van der Waals surface area contributed by atoms with Crippen molar-refractivity contribution in [3.05, 3.63) is 53.4 Å². The second-order valence-corrected chi connectivity index (χ2v) is 8.04. The Hall–Kier alpha value is -2.86. The van der Waals surface area contributed by atoms with Gasteiger partial charge in [-0.15, -0.1) is 0 Å². The summed E-state index contributed by atoms with van der Waals surface area (Å²) in [5, 5.41) is 11.1. The Labute approximate surface area is 175 Å². The number of allylic oxidation sites excluding steroid dienone is 1. The first-order valence-electron chi connectivity index (χ1n) is 9.78. The fourth-order valence-corrected chi connectivity index (χ4v) is 4.66. The Morgan fingerprint density at radius 2 is 1.93 bits per heavy atom. The molecule has 1 amide bonds. The van der Waals surface area contributed by atoms with Gasteiger partial charge in [-0.2, -0.15) is 0 Å². The van der Waals surface area contributed by atoms with Gasteiger partial charge in [0.05, 0.1) is 16.1 Å². The zero-order valence-corrected chi connectivity index (χ0v) is 16.9. The van der Waals surface area contributed by atoms with E-state index in [1.165, 1.54) is 12.4 Å². The minimum Gasteiger partial charge on any atom is -0.404 e. The minimum atomic E-state index is -0.213. The van der Waals surface area contributed by atoms with Crippen molar-refractivity contribution < 1.29 is 4.79 Å². The second-order valence-electron chi connectivity index (χ2n) is 7.63. The highest BCUT2D eigenvalue weighted by Crippen LogP contribution is 2.43. The van der Waals surface area contributed by atoms with Crippen LogP contribution in [0, 0.1) is 10.8 Å². The summed E-state index contributed by atoms with van der Waals surface area (Å²) in [4.78, 5) is 18.9. The molecule has 150 valence electrons. The summed E-state index contributed by atoms with van der Waals surface area (Å²) in [5.74, 6) is 0.198. The zero-order chi connectivity index (χ0) is 20.4. The lowest BCUT2D eigenvalue weighted by molar-refractivity contribution is -0.128. The van der Waals surface area contributed by atoms with Crippen LogP contribution in [0.3, 0.4) is 0 Å². The van der Waals surface area contributed by atoms with E-state index in [1.807, 2.05) is 30.5 Å². The maximum Gasteiger partial charge on any atom is 0.226 e. The van der Waals surface area contributed by atoms with Crippen molar-refractivity contribution >= 4 is 35.0 Å². The fourth-order valence-electron chi connectivity index (χ4n) is 4.38. The lowest BCUT2D eigenvalue weighted by Gasteiger charge is -2.39. The Morgan fingerprint density at radius 1 is 1.21 bits per heavy atom. The van der Waals surface area contributed by atoms with Gasteiger partial charge in [0.1, 0.15) is 0 Å². The van der Waals surface area contributed by atoms with Gasteiger partial charge in [0, 0.05) is 55.6 Å². The van der Waals surface area contributed by atoms with Crippen LogP contribution in [0.4, 0.5) is 5.69 Å². The standard InChI is InChI=1S/C22H24ClN5O/c23-19-14-26-13-18(16-3-1-15(2-4-16)17(11-24)12-25)20(19)28-9-6-22(7-10-28)5-8-27-21(22)29/h1-4,11-14,24H,5-10,25H2,(H,27,29). The summed E-state index contributed by atoms with van der Waals surface area (Å²) in [6.07, 6.45) is 8.76. The normalized spacial score (nSPS) is 18.7. The van der Waals surface area contributed by atoms with Crippen LogP contribution in [0.25, 0.3) is 16.7 Å². The van der Waals surface area contributed by atoms with Gasteiger partial charge in [-0.05, 0) is 30.4 Å². The van der Waals surface area contributed by atoms with Crippen LogP contribution in [0.1, 0.15) is 24.8 Å². The first-order valence-corrected chi connectivity index (χ1v) is 10.2. The molecule has 7 heteroatoms. The molecule has 2 aliphatic heterocycles. The van der Waals surface area contributed by atoms with E-state index < -0.39 is 0 Å². The Kier molecular flexibility index (Phi) is 5.28. The van der Waals surface area contributed by atoms with Crippen molar-refractivity contribution in [1.29, 1.82) is 5.41 Å². The van der Waals surface area contributed by atoms with Gasteiger partial charge in [0.25, 0.3) is 0 Å². The number of amides is 1. The number of rotatable bonds is 4. The monoisotopic (exact) mass is 409 g/mol. The molecule has 1 aromatic heterocycles. The van der Waals surface area contributed by atoms with Gasteiger partial charge in [-0.25, -0.2) is 0 Å². The highest BCUT2D eigenvalue weighted by atomic mass is 35.5. The average molecular weight is 410 g/mol. The van der Waals surface area contributed by atoms with Crippen molar-refractivity contribution in [3.63, 3.8) is 0 Å². The highest BCUT2D eigenvalue weighted by Gasteiger charge is 2.44. The predicted molar refractivity (Wildman–Crippen MR) is 117 cm³/mol. The molecule has 6 nitrogen and oxygen atoms in total. The third-order valence-electron chi connectivity index (χ3n) is 6.14. The number of carbonyl (C=O) groups excluding carboxylic acids is 1. The average Bonchev–Trinajstić information content (AvgIpc) is 3.10. The van der Waals surface area contributed by atoms with Crippen LogP contribution in [-0.4, -0.2) is 36.7 Å². The zero-order valence-electron chi connectivity index (χ0n) is 16.1. The molecule has 2 saturated heterocycles. The molecule has 0 saturated carbocycles. The van der Waals surface area contributed by atoms with Crippen molar-refractivity contribution in [2.75, 3.05) is 24.5 Å². The van der Waals surface area contributed by atoms with Gasteiger partial charge in [0.15, 0.2) is 0 Å². The third-order valence-corrected chi connectivity index (χ3v) is 6.42. The molecule has 0 radical (unpaired) electrons. The smallest absolute Gasteiger partial charge is 0.226 e. The number of pyridine rings is 1. The first kappa shape index (κ1) is 19.5. The molecule has 0 unspecified atom stereocenters. The van der Waals surface area contributed by atoms with E-state index in [2.05, 4.69) is 15.2 Å². The molecular formula is C22H24ClN5O. The van der Waals surface area contributed by atoms with E-state index in [-0.39, 0.29) is 11.3 Å². The lowest BCUT2D eigenvalue weighted by Crippen LogP contribution is -2.44. The summed E-state index contributed by atoms with van der Waals surface area (Å²) >= 11 is 6.58. The summed E-state index contributed by atoms with van der Waals surface area (Å²) in [6, 6.07) is 7.87. The second kappa shape index (κ2) is 7.87. The van der Waals surface area contributed by atoms with Gasteiger partial charge in [-0.3, -0.25) is 9.78 Å². The Balaban J connectivity index is 1.63. The number of nitrogens with zero attached hydrogens (tertiary/aromatic N) is 2. The summed E-state index contributed by atoms with van der Waals surface area (Å²) in [6.45, 7) is 2.35. The fraction of sp³-hybridized carbons (Fsp3) is 0.318. The van der Waals surface area contributed by atoms with Gasteiger partial charge >= 0.3 is 0 Å². The van der Waals surface area contributed by atoms with E-state index >= 15 is 0 Å². The molecule has 29 heavy (non-hydrogen) atoms. The number of benzene rings is 1. The Bertz CT molecular complexity index is 962. The molecular weight excluding hydrogens is 386 g/mol. The van der Waals surface area contributed by atoms with Crippen LogP contribution >= 0.6 is 11.6 Å². The number of nitrogens with two attached hydrogens (primary N) is 1. The van der Waals surface area contributed by atoms with Crippen molar-refractivity contribution in [1.82, 2.24) is 10.3 Å². The van der Waals surface area contributed by atoms with Crippen LogP contribution in [0.15, 0.2) is 42.9 Å². The third kappa shape index (κ3) is 3.49. The van der Waals surface area contributed by atoms with Gasteiger partial charge in [0.2, 0.25) is 5.91 Å². The van der Waals surface area contributed by atoms with E-state index in [0.717, 1.165) is 61.3 Å². The molecule has 2 aromatic rings. The largest absolute Gasteiger partial charge is 0.404 e. The minimum absolute atomic E-state index is 0.198. The number of aromatic nitrogens is 1. The van der Waals surface area contributed by atoms with Crippen LogP contribution < -0.4 is 16.0 Å². The molecule has 3 heterocycles. The number of halogens is 1. The quantitative estimate of drug-likeness (QED) is 0.674. The van der Waals surface area contributed by atoms with Gasteiger partial charge < -0.3 is 21.4 Å². The predicted octanol–water partition coefficient (Wildman–Crippen LogP) is 3.46. The molecule has 1 spiro atoms. The summed E-state index contributed by atoms with van der Waals surface area (Å²) < 4.78 is 0.